The van der Waals surface area contributed by atoms with Crippen molar-refractivity contribution >= 4 is 5.97 Å². The van der Waals surface area contributed by atoms with E-state index in [1.54, 1.807) is 6.92 Å². The first-order chi connectivity index (χ1) is 9.76. The van der Waals surface area contributed by atoms with E-state index in [0.29, 0.717) is 6.54 Å². The van der Waals surface area contributed by atoms with Gasteiger partial charge in [0.15, 0.2) is 0 Å². The van der Waals surface area contributed by atoms with Gasteiger partial charge in [0.05, 0.1) is 0 Å². The number of halogens is 3. The molecule has 1 aromatic rings. The summed E-state index contributed by atoms with van der Waals surface area (Å²) in [7, 11) is 0. The van der Waals surface area contributed by atoms with Crippen molar-refractivity contribution in [1.82, 2.24) is 4.90 Å². The van der Waals surface area contributed by atoms with Crippen molar-refractivity contribution in [3.05, 3.63) is 29.8 Å². The first kappa shape index (κ1) is 15.6. The van der Waals surface area contributed by atoms with Crippen LogP contribution in [0.1, 0.15) is 25.3 Å². The maximum Gasteiger partial charge on any atom is 0.573 e. The van der Waals surface area contributed by atoms with Crippen LogP contribution in [0.25, 0.3) is 0 Å². The van der Waals surface area contributed by atoms with Crippen LogP contribution in [0.15, 0.2) is 24.3 Å². The average molecular weight is 303 g/mol. The summed E-state index contributed by atoms with van der Waals surface area (Å²) in [6.07, 6.45) is -2.81. The molecule has 0 bridgehead atoms. The maximum atomic E-state index is 12.1. The molecule has 0 saturated heterocycles. The van der Waals surface area contributed by atoms with Crippen molar-refractivity contribution in [2.24, 2.45) is 0 Å². The SMILES string of the molecule is CC(C(=O)O)N(Cc1ccc(OC(F)(F)F)cc1)C1CC1. The van der Waals surface area contributed by atoms with Crippen LogP contribution in [0.5, 0.6) is 5.75 Å². The second kappa shape index (κ2) is 5.93. The van der Waals surface area contributed by atoms with Gasteiger partial charge in [-0.15, -0.1) is 13.2 Å². The molecule has 21 heavy (non-hydrogen) atoms. The Morgan fingerprint density at radius 2 is 1.95 bits per heavy atom. The van der Waals surface area contributed by atoms with Gasteiger partial charge in [-0.25, -0.2) is 0 Å². The Hall–Kier alpha value is -1.76. The number of rotatable bonds is 6. The van der Waals surface area contributed by atoms with Gasteiger partial charge in [-0.2, -0.15) is 0 Å². The lowest BCUT2D eigenvalue weighted by molar-refractivity contribution is -0.274. The third-order valence-electron chi connectivity index (χ3n) is 3.39. The quantitative estimate of drug-likeness (QED) is 0.877. The molecule has 1 N–H and O–H groups in total. The lowest BCUT2D eigenvalue weighted by atomic mass is 10.1. The number of hydrogen-bond donors (Lipinski definition) is 1. The van der Waals surface area contributed by atoms with Gasteiger partial charge in [0.1, 0.15) is 11.8 Å². The molecule has 0 aliphatic heterocycles. The summed E-state index contributed by atoms with van der Waals surface area (Å²) < 4.78 is 40.0. The second-order valence-electron chi connectivity index (χ2n) is 5.11. The molecule has 7 heteroatoms. The summed E-state index contributed by atoms with van der Waals surface area (Å²) in [5.74, 6) is -1.19. The molecule has 116 valence electrons. The molecule has 0 amide bonds. The van der Waals surface area contributed by atoms with Crippen molar-refractivity contribution in [3.63, 3.8) is 0 Å². The lowest BCUT2D eigenvalue weighted by Crippen LogP contribution is -2.39. The molecule has 1 aliphatic carbocycles. The minimum atomic E-state index is -4.71. The molecular weight excluding hydrogens is 287 g/mol. The minimum Gasteiger partial charge on any atom is -0.480 e. The van der Waals surface area contributed by atoms with E-state index >= 15 is 0 Å². The number of alkyl halides is 3. The standard InChI is InChI=1S/C14H16F3NO3/c1-9(13(19)20)18(11-4-5-11)8-10-2-6-12(7-3-10)21-14(15,16)17/h2-3,6-7,9,11H,4-5,8H2,1H3,(H,19,20). The first-order valence-corrected chi connectivity index (χ1v) is 6.59. The third kappa shape index (κ3) is 4.63. The van der Waals surface area contributed by atoms with Gasteiger partial charge in [-0.1, -0.05) is 12.1 Å². The molecule has 2 rings (SSSR count). The van der Waals surface area contributed by atoms with E-state index in [9.17, 15) is 18.0 Å². The van der Waals surface area contributed by atoms with E-state index in [2.05, 4.69) is 4.74 Å². The maximum absolute atomic E-state index is 12.1. The highest BCUT2D eigenvalue weighted by atomic mass is 19.4. The molecule has 1 atom stereocenters. The molecule has 0 spiro atoms. The van der Waals surface area contributed by atoms with Crippen molar-refractivity contribution < 1.29 is 27.8 Å². The monoisotopic (exact) mass is 303 g/mol. The molecule has 1 fully saturated rings. The summed E-state index contributed by atoms with van der Waals surface area (Å²) >= 11 is 0. The van der Waals surface area contributed by atoms with Gasteiger partial charge in [0.25, 0.3) is 0 Å². The number of ether oxygens (including phenoxy) is 1. The van der Waals surface area contributed by atoms with Crippen LogP contribution in [0.3, 0.4) is 0 Å². The average Bonchev–Trinajstić information content (AvgIpc) is 3.19. The number of aliphatic carboxylic acids is 1. The zero-order valence-corrected chi connectivity index (χ0v) is 11.4. The predicted octanol–water partition coefficient (Wildman–Crippen LogP) is 3.02. The summed E-state index contributed by atoms with van der Waals surface area (Å²) in [4.78, 5) is 12.9. The number of nitrogens with zero attached hydrogens (tertiary/aromatic N) is 1. The third-order valence-corrected chi connectivity index (χ3v) is 3.39. The van der Waals surface area contributed by atoms with E-state index in [1.165, 1.54) is 24.3 Å². The second-order valence-corrected chi connectivity index (χ2v) is 5.11. The number of carboxylic acids is 1. The Morgan fingerprint density at radius 1 is 1.38 bits per heavy atom. The number of carboxylic acid groups (broad SMARTS) is 1. The zero-order chi connectivity index (χ0) is 15.6. The molecule has 1 aliphatic rings. The van der Waals surface area contributed by atoms with Crippen LogP contribution >= 0.6 is 0 Å². The Labute approximate surface area is 120 Å². The zero-order valence-electron chi connectivity index (χ0n) is 11.4. The fourth-order valence-corrected chi connectivity index (χ4v) is 2.14. The number of hydrogen-bond acceptors (Lipinski definition) is 3. The largest absolute Gasteiger partial charge is 0.573 e. The van der Waals surface area contributed by atoms with Crippen molar-refractivity contribution in [2.75, 3.05) is 0 Å². The van der Waals surface area contributed by atoms with Crippen LogP contribution in [0.4, 0.5) is 13.2 Å². The molecule has 1 saturated carbocycles. The van der Waals surface area contributed by atoms with Crippen LogP contribution < -0.4 is 4.74 Å². The topological polar surface area (TPSA) is 49.8 Å². The van der Waals surface area contributed by atoms with Gasteiger partial charge in [-0.3, -0.25) is 9.69 Å². The van der Waals surface area contributed by atoms with Crippen molar-refractivity contribution in [2.45, 2.75) is 44.8 Å². The Kier molecular flexibility index (Phi) is 4.41. The van der Waals surface area contributed by atoms with E-state index < -0.39 is 18.4 Å². The minimum absolute atomic E-state index is 0.238. The summed E-state index contributed by atoms with van der Waals surface area (Å²) in [6, 6.07) is 5.13. The molecular formula is C14H16F3NO3. The van der Waals surface area contributed by atoms with E-state index in [-0.39, 0.29) is 11.8 Å². The molecule has 1 unspecified atom stereocenters. The fraction of sp³-hybridized carbons (Fsp3) is 0.500. The normalized spacial score (nSPS) is 16.8. The summed E-state index contributed by atoms with van der Waals surface area (Å²) in [6.45, 7) is 2.01. The highest BCUT2D eigenvalue weighted by Crippen LogP contribution is 2.31. The van der Waals surface area contributed by atoms with Crippen LogP contribution in [0.2, 0.25) is 0 Å². The summed E-state index contributed by atoms with van der Waals surface area (Å²) in [5, 5.41) is 9.09. The van der Waals surface area contributed by atoms with Crippen molar-refractivity contribution in [3.8, 4) is 5.75 Å². The van der Waals surface area contributed by atoms with Gasteiger partial charge < -0.3 is 9.84 Å². The number of carbonyl (C=O) groups is 1. The smallest absolute Gasteiger partial charge is 0.480 e. The van der Waals surface area contributed by atoms with Crippen LogP contribution in [-0.2, 0) is 11.3 Å². The highest BCUT2D eigenvalue weighted by Gasteiger charge is 2.35. The molecule has 0 aromatic heterocycles. The van der Waals surface area contributed by atoms with E-state index in [1.807, 2.05) is 4.90 Å². The Bertz CT molecular complexity index is 497. The Balaban J connectivity index is 2.02. The van der Waals surface area contributed by atoms with Gasteiger partial charge in [0.2, 0.25) is 0 Å². The van der Waals surface area contributed by atoms with Crippen molar-refractivity contribution in [1.29, 1.82) is 0 Å². The van der Waals surface area contributed by atoms with Gasteiger partial charge in [0, 0.05) is 12.6 Å². The first-order valence-electron chi connectivity index (χ1n) is 6.59. The highest BCUT2D eigenvalue weighted by molar-refractivity contribution is 5.73. The van der Waals surface area contributed by atoms with E-state index in [0.717, 1.165) is 18.4 Å². The molecule has 0 heterocycles. The predicted molar refractivity (Wildman–Crippen MR) is 68.8 cm³/mol. The van der Waals surface area contributed by atoms with E-state index in [4.69, 9.17) is 5.11 Å². The van der Waals surface area contributed by atoms with Crippen LogP contribution in [0, 0.1) is 0 Å². The lowest BCUT2D eigenvalue weighted by Gasteiger charge is -2.26. The molecule has 1 aromatic carbocycles. The van der Waals surface area contributed by atoms with Crippen LogP contribution in [-0.4, -0.2) is 34.4 Å². The van der Waals surface area contributed by atoms with Gasteiger partial charge in [-0.05, 0) is 37.5 Å². The molecule has 4 nitrogen and oxygen atoms in total. The number of benzene rings is 1. The Morgan fingerprint density at radius 3 is 2.38 bits per heavy atom. The summed E-state index contributed by atoms with van der Waals surface area (Å²) in [5.41, 5.74) is 0.754. The fourth-order valence-electron chi connectivity index (χ4n) is 2.14. The molecule has 0 radical (unpaired) electrons. The van der Waals surface area contributed by atoms with Gasteiger partial charge >= 0.3 is 12.3 Å².